The molecule has 3 aromatic carbocycles. The van der Waals surface area contributed by atoms with Gasteiger partial charge in [-0.05, 0) is 48.5 Å². The Morgan fingerprint density at radius 2 is 1.76 bits per heavy atom. The van der Waals surface area contributed by atoms with Crippen LogP contribution in [0.15, 0.2) is 59.5 Å². The minimum Gasteiger partial charge on any atom is -0.545 e. The first-order valence-corrected chi connectivity index (χ1v) is 12.1. The van der Waals surface area contributed by atoms with E-state index in [-0.39, 0.29) is 28.9 Å². The molecule has 0 fully saturated rings. The second kappa shape index (κ2) is 11.2. The van der Waals surface area contributed by atoms with Gasteiger partial charge in [0.1, 0.15) is 18.1 Å². The van der Waals surface area contributed by atoms with Crippen LogP contribution >= 0.6 is 11.6 Å². The fourth-order valence-corrected chi connectivity index (χ4v) is 4.20. The predicted octanol–water partition coefficient (Wildman–Crippen LogP) is 3.70. The van der Waals surface area contributed by atoms with Crippen LogP contribution in [0.3, 0.4) is 0 Å². The van der Waals surface area contributed by atoms with E-state index in [1.54, 1.807) is 0 Å². The molecule has 0 aliphatic carbocycles. The monoisotopic (exact) mass is 560 g/mol. The summed E-state index contributed by atoms with van der Waals surface area (Å²) in [6.07, 6.45) is -4.69. The van der Waals surface area contributed by atoms with Gasteiger partial charge in [0, 0.05) is 11.6 Å². The Morgan fingerprint density at radius 1 is 1.08 bits per heavy atom. The fraction of sp³-hybridized carbons (Fsp3) is 0.174. The molecule has 9 nitrogen and oxygen atoms in total. The van der Waals surface area contributed by atoms with Crippen LogP contribution < -0.4 is 24.0 Å². The lowest BCUT2D eigenvalue weighted by atomic mass is 10.1. The molecule has 198 valence electrons. The summed E-state index contributed by atoms with van der Waals surface area (Å²) in [7, 11) is -3.19. The van der Waals surface area contributed by atoms with Crippen molar-refractivity contribution in [3.63, 3.8) is 0 Å². The van der Waals surface area contributed by atoms with Crippen molar-refractivity contribution in [1.82, 2.24) is 0 Å². The third kappa shape index (κ3) is 6.76. The van der Waals surface area contributed by atoms with Gasteiger partial charge in [-0.3, -0.25) is 4.72 Å². The average molecular weight is 561 g/mol. The number of alkyl halides is 3. The van der Waals surface area contributed by atoms with Crippen molar-refractivity contribution in [3.05, 3.63) is 70.7 Å². The van der Waals surface area contributed by atoms with Crippen LogP contribution in [0, 0.1) is 0 Å². The molecule has 0 heterocycles. The van der Waals surface area contributed by atoms with Crippen molar-refractivity contribution < 1.29 is 50.8 Å². The highest BCUT2D eigenvalue weighted by molar-refractivity contribution is 7.92. The van der Waals surface area contributed by atoms with Gasteiger partial charge in [-0.15, -0.1) is 0 Å². The maximum atomic E-state index is 13.0. The van der Waals surface area contributed by atoms with Crippen LogP contribution in [-0.4, -0.2) is 39.8 Å². The van der Waals surface area contributed by atoms with Gasteiger partial charge in [0.15, 0.2) is 11.5 Å². The van der Waals surface area contributed by atoms with Gasteiger partial charge in [-0.1, -0.05) is 11.6 Å². The zero-order valence-corrected chi connectivity index (χ0v) is 20.4. The predicted molar refractivity (Wildman–Crippen MR) is 124 cm³/mol. The van der Waals surface area contributed by atoms with Crippen molar-refractivity contribution in [1.29, 1.82) is 0 Å². The van der Waals surface area contributed by atoms with Gasteiger partial charge < -0.3 is 29.2 Å². The summed E-state index contributed by atoms with van der Waals surface area (Å²) in [5, 5.41) is 20.8. The summed E-state index contributed by atoms with van der Waals surface area (Å²) >= 11 is 6.18. The first-order chi connectivity index (χ1) is 17.4. The third-order valence-corrected chi connectivity index (χ3v) is 6.42. The number of carboxylic acid groups (broad SMARTS) is 1. The second-order valence-electron chi connectivity index (χ2n) is 7.24. The number of aliphatic hydroxyl groups is 1. The number of nitrogens with one attached hydrogen (secondary N) is 1. The second-order valence-corrected chi connectivity index (χ2v) is 9.33. The molecule has 0 unspecified atom stereocenters. The lowest BCUT2D eigenvalue weighted by Crippen LogP contribution is -2.23. The van der Waals surface area contributed by atoms with Crippen molar-refractivity contribution in [3.8, 4) is 23.0 Å². The molecule has 0 aromatic heterocycles. The van der Waals surface area contributed by atoms with Gasteiger partial charge >= 0.3 is 6.18 Å². The van der Waals surface area contributed by atoms with E-state index < -0.39 is 50.5 Å². The van der Waals surface area contributed by atoms with Crippen LogP contribution in [0.2, 0.25) is 5.02 Å². The summed E-state index contributed by atoms with van der Waals surface area (Å²) < 4.78 is 83.0. The van der Waals surface area contributed by atoms with Gasteiger partial charge in [-0.2, -0.15) is 13.2 Å². The molecule has 0 atom stereocenters. The minimum absolute atomic E-state index is 0.0361. The number of halogens is 4. The zero-order chi connectivity index (χ0) is 27.4. The van der Waals surface area contributed by atoms with E-state index in [1.165, 1.54) is 25.3 Å². The highest BCUT2D eigenvalue weighted by Crippen LogP contribution is 2.43. The summed E-state index contributed by atoms with van der Waals surface area (Å²) in [5.74, 6) is -2.08. The number of hydrogen-bond acceptors (Lipinski definition) is 8. The highest BCUT2D eigenvalue weighted by Gasteiger charge is 2.31. The van der Waals surface area contributed by atoms with Gasteiger partial charge in [0.2, 0.25) is 0 Å². The average Bonchev–Trinajstić information content (AvgIpc) is 2.84. The number of carbonyl (C=O) groups is 1. The van der Waals surface area contributed by atoms with Crippen LogP contribution in [0.4, 0.5) is 18.9 Å². The van der Waals surface area contributed by atoms with E-state index in [0.717, 1.165) is 24.3 Å². The molecule has 3 rings (SSSR count). The molecule has 0 radical (unpaired) electrons. The Labute approximate surface area is 214 Å². The largest absolute Gasteiger partial charge is 0.545 e. The number of anilines is 1. The van der Waals surface area contributed by atoms with E-state index in [0.29, 0.717) is 17.9 Å². The van der Waals surface area contributed by atoms with Crippen LogP contribution in [0.1, 0.15) is 15.9 Å². The molecule has 0 bridgehead atoms. The number of carboxylic acids is 1. The first-order valence-electron chi connectivity index (χ1n) is 10.2. The molecule has 0 saturated carbocycles. The Bertz CT molecular complexity index is 1400. The van der Waals surface area contributed by atoms with E-state index in [1.807, 2.05) is 0 Å². The molecule has 0 aliphatic heterocycles. The molecule has 0 saturated heterocycles. The van der Waals surface area contributed by atoms with E-state index in [9.17, 15) is 31.5 Å². The van der Waals surface area contributed by atoms with Crippen molar-refractivity contribution in [2.75, 3.05) is 25.0 Å². The normalized spacial score (nSPS) is 11.6. The lowest BCUT2D eigenvalue weighted by molar-refractivity contribution is -0.255. The van der Waals surface area contributed by atoms with E-state index >= 15 is 0 Å². The number of sulfonamides is 1. The molecule has 0 aliphatic rings. The lowest BCUT2D eigenvalue weighted by Gasteiger charge is -2.20. The van der Waals surface area contributed by atoms with Crippen molar-refractivity contribution in [2.45, 2.75) is 11.1 Å². The highest BCUT2D eigenvalue weighted by atomic mass is 35.5. The summed E-state index contributed by atoms with van der Waals surface area (Å²) in [5.41, 5.74) is -2.06. The molecule has 0 amide bonds. The quantitative estimate of drug-likeness (QED) is 0.383. The standard InChI is InChI=1S/C23H19ClF3NO8S/c1-34-15-4-7-17(24)19(12-15)36-21-18(10-13(22(30)31)11-20(21)35-9-8-29)28-37(32,33)16-5-2-14(3-6-16)23(25,26)27/h2-7,10-12,28-29H,8-9H2,1H3,(H,30,31)/p-1. The van der Waals surface area contributed by atoms with Gasteiger partial charge in [0.05, 0.1) is 40.9 Å². The number of ether oxygens (including phenoxy) is 3. The number of methoxy groups -OCH3 is 1. The zero-order valence-electron chi connectivity index (χ0n) is 18.8. The Morgan fingerprint density at radius 3 is 2.32 bits per heavy atom. The van der Waals surface area contributed by atoms with Gasteiger partial charge in [-0.25, -0.2) is 8.42 Å². The third-order valence-electron chi connectivity index (χ3n) is 4.73. The molecule has 0 spiro atoms. The maximum absolute atomic E-state index is 13.0. The molecular formula is C23H18ClF3NO8S-. The smallest absolute Gasteiger partial charge is 0.416 e. The molecule has 37 heavy (non-hydrogen) atoms. The summed E-state index contributed by atoms with van der Waals surface area (Å²) in [4.78, 5) is 11.0. The SMILES string of the molecule is COc1ccc(Cl)c(Oc2c(NS(=O)(=O)c3ccc(C(F)(F)F)cc3)cc(C(=O)[O-])cc2OCCO)c1. The minimum atomic E-state index is -4.69. The Hall–Kier alpha value is -3.68. The number of hydrogen-bond donors (Lipinski definition) is 2. The van der Waals surface area contributed by atoms with Crippen LogP contribution in [-0.2, 0) is 16.2 Å². The summed E-state index contributed by atoms with van der Waals surface area (Å²) in [6, 6.07) is 8.77. The fourth-order valence-electron chi connectivity index (χ4n) is 2.99. The van der Waals surface area contributed by atoms with E-state index in [4.69, 9.17) is 30.9 Å². The van der Waals surface area contributed by atoms with E-state index in [2.05, 4.69) is 4.72 Å². The van der Waals surface area contributed by atoms with Crippen LogP contribution in [0.5, 0.6) is 23.0 Å². The molecule has 14 heteroatoms. The maximum Gasteiger partial charge on any atom is 0.416 e. The molecule has 2 N–H and O–H groups in total. The number of aromatic carboxylic acids is 1. The Kier molecular flexibility index (Phi) is 8.41. The Balaban J connectivity index is 2.14. The molecular weight excluding hydrogens is 543 g/mol. The van der Waals surface area contributed by atoms with Gasteiger partial charge in [0.25, 0.3) is 10.0 Å². The number of benzene rings is 3. The number of rotatable bonds is 10. The molecule has 3 aromatic rings. The number of aliphatic hydroxyl groups excluding tert-OH is 1. The summed E-state index contributed by atoms with van der Waals surface area (Å²) in [6.45, 7) is -0.814. The van der Waals surface area contributed by atoms with Crippen molar-refractivity contribution >= 4 is 33.3 Å². The van der Waals surface area contributed by atoms with Crippen molar-refractivity contribution in [2.24, 2.45) is 0 Å². The number of carbonyl (C=O) groups excluding carboxylic acids is 1. The van der Waals surface area contributed by atoms with Crippen LogP contribution in [0.25, 0.3) is 0 Å². The topological polar surface area (TPSA) is 134 Å². The first kappa shape index (κ1) is 27.9.